The van der Waals surface area contributed by atoms with E-state index in [0.717, 1.165) is 12.8 Å². The molecule has 0 saturated carbocycles. The lowest BCUT2D eigenvalue weighted by atomic mass is 10.0. The van der Waals surface area contributed by atoms with Gasteiger partial charge in [-0.15, -0.1) is 0 Å². The SMILES string of the molecule is N#CCC(=O)N1CCC[C@H](Nc2nc3cc[nH]c(=O)c3c3cc(F)ccc23)C1. The zero-order valence-corrected chi connectivity index (χ0v) is 15.0. The molecular formula is C20H18FN5O2. The second-order valence-electron chi connectivity index (χ2n) is 6.88. The number of fused-ring (bicyclic) bond motifs is 3. The highest BCUT2D eigenvalue weighted by Gasteiger charge is 2.24. The van der Waals surface area contributed by atoms with Gasteiger partial charge in [0.15, 0.2) is 0 Å². The minimum Gasteiger partial charge on any atom is -0.365 e. The van der Waals surface area contributed by atoms with Crippen molar-refractivity contribution >= 4 is 33.4 Å². The molecule has 1 aliphatic rings. The van der Waals surface area contributed by atoms with Crippen LogP contribution in [-0.2, 0) is 4.79 Å². The Morgan fingerprint density at radius 1 is 1.39 bits per heavy atom. The Morgan fingerprint density at radius 2 is 2.25 bits per heavy atom. The highest BCUT2D eigenvalue weighted by atomic mass is 19.1. The van der Waals surface area contributed by atoms with Gasteiger partial charge >= 0.3 is 0 Å². The standard InChI is InChI=1S/C20H18FN5O2/c21-12-3-4-14-15(10-12)18-16(6-8-23-20(18)28)25-19(14)24-13-2-1-9-26(11-13)17(27)5-7-22/h3-4,6,8,10,13H,1-2,5,9,11H2,(H,23,28)(H,24,25)/t13-/m0/s1. The first-order valence-corrected chi connectivity index (χ1v) is 9.09. The van der Waals surface area contributed by atoms with Crippen molar-refractivity contribution in [3.05, 3.63) is 46.6 Å². The van der Waals surface area contributed by atoms with Crippen molar-refractivity contribution in [2.24, 2.45) is 0 Å². The van der Waals surface area contributed by atoms with Crippen LogP contribution in [0, 0.1) is 17.1 Å². The first-order valence-electron chi connectivity index (χ1n) is 9.09. The van der Waals surface area contributed by atoms with Crippen LogP contribution in [0.3, 0.4) is 0 Å². The van der Waals surface area contributed by atoms with Crippen molar-refractivity contribution < 1.29 is 9.18 Å². The maximum absolute atomic E-state index is 13.9. The highest BCUT2D eigenvalue weighted by Crippen LogP contribution is 2.29. The van der Waals surface area contributed by atoms with Crippen LogP contribution in [0.2, 0.25) is 0 Å². The van der Waals surface area contributed by atoms with Gasteiger partial charge in [-0.25, -0.2) is 9.37 Å². The van der Waals surface area contributed by atoms with Crippen LogP contribution in [0.25, 0.3) is 21.7 Å². The molecule has 142 valence electrons. The second-order valence-corrected chi connectivity index (χ2v) is 6.88. The van der Waals surface area contributed by atoms with E-state index in [9.17, 15) is 14.0 Å². The molecule has 0 radical (unpaired) electrons. The van der Waals surface area contributed by atoms with Crippen molar-refractivity contribution in [2.75, 3.05) is 18.4 Å². The van der Waals surface area contributed by atoms with Gasteiger partial charge < -0.3 is 15.2 Å². The molecule has 1 atom stereocenters. The summed E-state index contributed by atoms with van der Waals surface area (Å²) < 4.78 is 13.9. The van der Waals surface area contributed by atoms with Crippen LogP contribution in [0.4, 0.5) is 10.2 Å². The number of pyridine rings is 2. The molecular weight excluding hydrogens is 361 g/mol. The van der Waals surface area contributed by atoms with Gasteiger partial charge in [0.05, 0.1) is 17.0 Å². The molecule has 1 aliphatic heterocycles. The number of piperidine rings is 1. The highest BCUT2D eigenvalue weighted by molar-refractivity contribution is 6.09. The van der Waals surface area contributed by atoms with Gasteiger partial charge in [0, 0.05) is 36.1 Å². The van der Waals surface area contributed by atoms with E-state index >= 15 is 0 Å². The maximum Gasteiger partial charge on any atom is 0.258 e. The topological polar surface area (TPSA) is 102 Å². The number of H-pyrrole nitrogens is 1. The number of nitrogens with zero attached hydrogens (tertiary/aromatic N) is 3. The Labute approximate surface area is 159 Å². The zero-order valence-electron chi connectivity index (χ0n) is 15.0. The lowest BCUT2D eigenvalue weighted by Crippen LogP contribution is -2.45. The Bertz CT molecular complexity index is 1170. The van der Waals surface area contributed by atoms with E-state index in [1.807, 2.05) is 6.07 Å². The molecule has 4 rings (SSSR count). The van der Waals surface area contributed by atoms with Crippen molar-refractivity contribution in [2.45, 2.75) is 25.3 Å². The molecule has 0 aliphatic carbocycles. The van der Waals surface area contributed by atoms with Gasteiger partial charge in [-0.1, -0.05) is 0 Å². The average Bonchev–Trinajstić information content (AvgIpc) is 2.68. The molecule has 2 aromatic heterocycles. The van der Waals surface area contributed by atoms with Crippen LogP contribution >= 0.6 is 0 Å². The van der Waals surface area contributed by atoms with Crippen molar-refractivity contribution in [1.82, 2.24) is 14.9 Å². The van der Waals surface area contributed by atoms with Crippen molar-refractivity contribution in [3.63, 3.8) is 0 Å². The number of benzene rings is 1. The molecule has 2 N–H and O–H groups in total. The Hall–Kier alpha value is -3.47. The van der Waals surface area contributed by atoms with E-state index < -0.39 is 5.82 Å². The monoisotopic (exact) mass is 379 g/mol. The van der Waals surface area contributed by atoms with E-state index in [2.05, 4.69) is 15.3 Å². The molecule has 0 spiro atoms. The molecule has 1 fully saturated rings. The third kappa shape index (κ3) is 3.27. The summed E-state index contributed by atoms with van der Waals surface area (Å²) in [5.74, 6) is -0.0632. The molecule has 0 unspecified atom stereocenters. The maximum atomic E-state index is 13.9. The van der Waals surface area contributed by atoms with Crippen LogP contribution in [0.1, 0.15) is 19.3 Å². The van der Waals surface area contributed by atoms with Crippen LogP contribution in [0.5, 0.6) is 0 Å². The van der Waals surface area contributed by atoms with Crippen LogP contribution < -0.4 is 10.9 Å². The fourth-order valence-electron chi connectivity index (χ4n) is 3.74. The summed E-state index contributed by atoms with van der Waals surface area (Å²) in [6.07, 6.45) is 3.03. The molecule has 0 bridgehead atoms. The predicted molar refractivity (Wildman–Crippen MR) is 103 cm³/mol. The van der Waals surface area contributed by atoms with Crippen molar-refractivity contribution in [1.29, 1.82) is 5.26 Å². The summed E-state index contributed by atoms with van der Waals surface area (Å²) in [5.41, 5.74) is 0.149. The molecule has 3 aromatic rings. The fraction of sp³-hybridized carbons (Fsp3) is 0.300. The quantitative estimate of drug-likeness (QED) is 0.681. The molecule has 1 amide bonds. The summed E-state index contributed by atoms with van der Waals surface area (Å²) >= 11 is 0. The Kier molecular flexibility index (Phi) is 4.65. The molecule has 7 nitrogen and oxygen atoms in total. The average molecular weight is 379 g/mol. The number of anilines is 1. The van der Waals surface area contributed by atoms with E-state index in [1.165, 1.54) is 18.3 Å². The van der Waals surface area contributed by atoms with Gasteiger partial charge in [0.2, 0.25) is 5.91 Å². The lowest BCUT2D eigenvalue weighted by molar-refractivity contribution is -0.131. The number of amides is 1. The van der Waals surface area contributed by atoms with Crippen molar-refractivity contribution in [3.8, 4) is 6.07 Å². The third-order valence-electron chi connectivity index (χ3n) is 5.02. The largest absolute Gasteiger partial charge is 0.365 e. The number of likely N-dealkylation sites (tertiary alicyclic amines) is 1. The Balaban J connectivity index is 1.73. The number of nitrogens with one attached hydrogen (secondary N) is 2. The normalized spacial score (nSPS) is 16.9. The molecule has 28 heavy (non-hydrogen) atoms. The number of carbonyl (C=O) groups excluding carboxylic acids is 1. The van der Waals surface area contributed by atoms with E-state index in [1.54, 1.807) is 17.0 Å². The van der Waals surface area contributed by atoms with Gasteiger partial charge in [0.25, 0.3) is 5.56 Å². The van der Waals surface area contributed by atoms with Crippen LogP contribution in [0.15, 0.2) is 35.3 Å². The van der Waals surface area contributed by atoms with Gasteiger partial charge in [-0.05, 0) is 37.1 Å². The number of hydrogen-bond acceptors (Lipinski definition) is 5. The number of carbonyl (C=O) groups is 1. The Morgan fingerprint density at radius 3 is 3.07 bits per heavy atom. The number of aromatic nitrogens is 2. The number of halogens is 1. The van der Waals surface area contributed by atoms with E-state index in [4.69, 9.17) is 5.26 Å². The number of hydrogen-bond donors (Lipinski definition) is 2. The summed E-state index contributed by atoms with van der Waals surface area (Å²) in [4.78, 5) is 33.2. The minimum atomic E-state index is -0.430. The molecule has 1 saturated heterocycles. The van der Waals surface area contributed by atoms with Gasteiger partial charge in [-0.3, -0.25) is 9.59 Å². The van der Waals surface area contributed by atoms with Gasteiger partial charge in [-0.2, -0.15) is 5.26 Å². The molecule has 3 heterocycles. The second kappa shape index (κ2) is 7.27. The lowest BCUT2D eigenvalue weighted by Gasteiger charge is -2.33. The van der Waals surface area contributed by atoms with Gasteiger partial charge in [0.1, 0.15) is 18.1 Å². The summed E-state index contributed by atoms with van der Waals surface area (Å²) in [7, 11) is 0. The molecule has 8 heteroatoms. The first-order chi connectivity index (χ1) is 13.6. The van der Waals surface area contributed by atoms with E-state index in [0.29, 0.717) is 40.6 Å². The number of nitriles is 1. The minimum absolute atomic E-state index is 0.0448. The fourth-order valence-corrected chi connectivity index (χ4v) is 3.74. The molecule has 1 aromatic carbocycles. The summed E-state index contributed by atoms with van der Waals surface area (Å²) in [5, 5.41) is 13.6. The van der Waals surface area contributed by atoms with E-state index in [-0.39, 0.29) is 23.9 Å². The summed E-state index contributed by atoms with van der Waals surface area (Å²) in [6, 6.07) is 7.80. The number of aromatic amines is 1. The number of rotatable bonds is 3. The third-order valence-corrected chi connectivity index (χ3v) is 5.02. The summed E-state index contributed by atoms with van der Waals surface area (Å²) in [6.45, 7) is 1.10. The zero-order chi connectivity index (χ0) is 19.7. The van der Waals surface area contributed by atoms with Crippen LogP contribution in [-0.4, -0.2) is 39.9 Å². The first kappa shape index (κ1) is 17.9. The predicted octanol–water partition coefficient (Wildman–Crippen LogP) is 2.53. The smallest absolute Gasteiger partial charge is 0.258 e.